The van der Waals surface area contributed by atoms with Crippen LogP contribution in [0.3, 0.4) is 0 Å². The van der Waals surface area contributed by atoms with E-state index in [4.69, 9.17) is 9.26 Å². The van der Waals surface area contributed by atoms with Crippen molar-refractivity contribution in [1.82, 2.24) is 30.6 Å². The topological polar surface area (TPSA) is 107 Å². The average Bonchev–Trinajstić information content (AvgIpc) is 3.28. The number of amides is 2. The third-order valence-electron chi connectivity index (χ3n) is 4.48. The second-order valence-electron chi connectivity index (χ2n) is 6.92. The van der Waals surface area contributed by atoms with E-state index in [1.54, 1.807) is 10.9 Å². The number of urea groups is 1. The zero-order valence-corrected chi connectivity index (χ0v) is 15.4. The van der Waals surface area contributed by atoms with Crippen LogP contribution in [-0.4, -0.2) is 39.2 Å². The van der Waals surface area contributed by atoms with Crippen molar-refractivity contribution in [3.05, 3.63) is 29.7 Å². The molecule has 9 nitrogen and oxygen atoms in total. The predicted octanol–water partition coefficient (Wildman–Crippen LogP) is 1.89. The molecule has 1 aliphatic heterocycles. The summed E-state index contributed by atoms with van der Waals surface area (Å²) in [6, 6.07) is -0.595. The number of carbonyl (C=O) groups excluding carboxylic acids is 1. The predicted molar refractivity (Wildman–Crippen MR) is 93.3 cm³/mol. The highest BCUT2D eigenvalue weighted by molar-refractivity contribution is 5.74. The molecule has 0 aromatic carbocycles. The smallest absolute Gasteiger partial charge is 0.315 e. The number of rotatable bonds is 6. The SMILES string of the molecule is CC(C)c1noc([C@@H](NC(=O)NCc2cnn(C)c2)C2CCOCC2)n1. The molecule has 0 spiro atoms. The lowest BCUT2D eigenvalue weighted by atomic mass is 9.91. The number of aromatic nitrogens is 4. The van der Waals surface area contributed by atoms with Crippen LogP contribution in [0.1, 0.15) is 55.9 Å². The summed E-state index contributed by atoms with van der Waals surface area (Å²) in [6.07, 6.45) is 5.27. The number of ether oxygens (including phenoxy) is 1. The third-order valence-corrected chi connectivity index (χ3v) is 4.48. The first-order chi connectivity index (χ1) is 12.5. The van der Waals surface area contributed by atoms with E-state index in [0.29, 0.717) is 31.5 Å². The summed E-state index contributed by atoms with van der Waals surface area (Å²) in [5, 5.41) is 14.0. The lowest BCUT2D eigenvalue weighted by molar-refractivity contribution is 0.0503. The summed E-state index contributed by atoms with van der Waals surface area (Å²) in [4.78, 5) is 16.9. The molecule has 1 saturated heterocycles. The molecule has 1 aliphatic rings. The minimum absolute atomic E-state index is 0.169. The molecule has 0 radical (unpaired) electrons. The summed E-state index contributed by atoms with van der Waals surface area (Å²) in [7, 11) is 1.84. The van der Waals surface area contributed by atoms with Gasteiger partial charge in [0.05, 0.1) is 6.20 Å². The molecular weight excluding hydrogens is 336 g/mol. The Balaban J connectivity index is 1.66. The summed E-state index contributed by atoms with van der Waals surface area (Å²) in [5.74, 6) is 1.47. The Hall–Kier alpha value is -2.42. The van der Waals surface area contributed by atoms with E-state index in [0.717, 1.165) is 18.4 Å². The Morgan fingerprint density at radius 1 is 1.38 bits per heavy atom. The molecule has 0 bridgehead atoms. The van der Waals surface area contributed by atoms with Gasteiger partial charge in [-0.05, 0) is 18.8 Å². The van der Waals surface area contributed by atoms with Crippen LogP contribution in [0.4, 0.5) is 4.79 Å². The van der Waals surface area contributed by atoms with Crippen molar-refractivity contribution in [3.8, 4) is 0 Å². The maximum absolute atomic E-state index is 12.4. The van der Waals surface area contributed by atoms with E-state index in [-0.39, 0.29) is 23.9 Å². The van der Waals surface area contributed by atoms with Gasteiger partial charge in [-0.15, -0.1) is 0 Å². The summed E-state index contributed by atoms with van der Waals surface area (Å²) >= 11 is 0. The molecule has 3 rings (SSSR count). The molecule has 0 aliphatic carbocycles. The van der Waals surface area contributed by atoms with Crippen molar-refractivity contribution in [2.75, 3.05) is 13.2 Å². The number of nitrogens with zero attached hydrogens (tertiary/aromatic N) is 4. The first-order valence-electron chi connectivity index (χ1n) is 8.96. The Morgan fingerprint density at radius 3 is 2.77 bits per heavy atom. The van der Waals surface area contributed by atoms with Crippen molar-refractivity contribution in [2.24, 2.45) is 13.0 Å². The summed E-state index contributed by atoms with van der Waals surface area (Å²) < 4.78 is 12.6. The molecule has 1 fully saturated rings. The van der Waals surface area contributed by atoms with Crippen LogP contribution in [0.2, 0.25) is 0 Å². The Labute approximate surface area is 152 Å². The zero-order chi connectivity index (χ0) is 18.5. The van der Waals surface area contributed by atoms with Crippen molar-refractivity contribution in [1.29, 1.82) is 0 Å². The molecule has 2 amide bonds. The fraction of sp³-hybridized carbons (Fsp3) is 0.647. The molecule has 9 heteroatoms. The molecule has 2 aromatic rings. The van der Waals surface area contributed by atoms with Crippen molar-refractivity contribution >= 4 is 6.03 Å². The molecule has 2 N–H and O–H groups in total. The highest BCUT2D eigenvalue weighted by Crippen LogP contribution is 2.29. The van der Waals surface area contributed by atoms with Crippen LogP contribution in [0.25, 0.3) is 0 Å². The van der Waals surface area contributed by atoms with Gasteiger partial charge in [-0.1, -0.05) is 19.0 Å². The fourth-order valence-corrected chi connectivity index (χ4v) is 2.98. The van der Waals surface area contributed by atoms with E-state index in [1.807, 2.05) is 27.1 Å². The van der Waals surface area contributed by atoms with E-state index in [9.17, 15) is 4.79 Å². The van der Waals surface area contributed by atoms with Crippen LogP contribution in [-0.2, 0) is 18.3 Å². The summed E-state index contributed by atoms with van der Waals surface area (Å²) in [5.41, 5.74) is 0.935. The lowest BCUT2D eigenvalue weighted by Crippen LogP contribution is -2.41. The molecule has 142 valence electrons. The number of aryl methyl sites for hydroxylation is 1. The van der Waals surface area contributed by atoms with Crippen molar-refractivity contribution < 1.29 is 14.1 Å². The number of carbonyl (C=O) groups is 1. The van der Waals surface area contributed by atoms with Gasteiger partial charge in [0, 0.05) is 44.5 Å². The van der Waals surface area contributed by atoms with Crippen LogP contribution in [0.5, 0.6) is 0 Å². The number of hydrogen-bond acceptors (Lipinski definition) is 6. The monoisotopic (exact) mass is 362 g/mol. The second kappa shape index (κ2) is 8.31. The van der Waals surface area contributed by atoms with Gasteiger partial charge < -0.3 is 19.9 Å². The molecule has 3 heterocycles. The van der Waals surface area contributed by atoms with Gasteiger partial charge in [-0.2, -0.15) is 10.1 Å². The van der Waals surface area contributed by atoms with Crippen molar-refractivity contribution in [2.45, 2.75) is 45.2 Å². The normalized spacial score (nSPS) is 16.6. The van der Waals surface area contributed by atoms with Gasteiger partial charge in [-0.25, -0.2) is 4.79 Å². The number of hydrogen-bond donors (Lipinski definition) is 2. The quantitative estimate of drug-likeness (QED) is 0.813. The Bertz CT molecular complexity index is 720. The van der Waals surface area contributed by atoms with Gasteiger partial charge in [0.1, 0.15) is 6.04 Å². The van der Waals surface area contributed by atoms with E-state index in [2.05, 4.69) is 25.9 Å². The number of nitrogens with one attached hydrogen (secondary N) is 2. The second-order valence-corrected chi connectivity index (χ2v) is 6.92. The molecule has 2 aromatic heterocycles. The maximum Gasteiger partial charge on any atom is 0.315 e. The molecule has 0 saturated carbocycles. The lowest BCUT2D eigenvalue weighted by Gasteiger charge is -2.28. The molecule has 26 heavy (non-hydrogen) atoms. The average molecular weight is 362 g/mol. The van der Waals surface area contributed by atoms with Gasteiger partial charge >= 0.3 is 6.03 Å². The molecule has 0 unspecified atom stereocenters. The van der Waals surface area contributed by atoms with Crippen LogP contribution < -0.4 is 10.6 Å². The Morgan fingerprint density at radius 2 is 2.15 bits per heavy atom. The Kier molecular flexibility index (Phi) is 5.87. The fourth-order valence-electron chi connectivity index (χ4n) is 2.98. The highest BCUT2D eigenvalue weighted by atomic mass is 16.5. The highest BCUT2D eigenvalue weighted by Gasteiger charge is 2.31. The summed E-state index contributed by atoms with van der Waals surface area (Å²) in [6.45, 7) is 5.76. The van der Waals surface area contributed by atoms with Gasteiger partial charge in [0.25, 0.3) is 0 Å². The standard InChI is InChI=1S/C17H26N6O3/c1-11(2)15-21-16(26-22-15)14(13-4-6-25-7-5-13)20-17(24)18-8-12-9-19-23(3)10-12/h9-11,13-14H,4-8H2,1-3H3,(H2,18,20,24)/t14-/m0/s1. The van der Waals surface area contributed by atoms with E-state index >= 15 is 0 Å². The first kappa shape index (κ1) is 18.4. The van der Waals surface area contributed by atoms with Crippen molar-refractivity contribution in [3.63, 3.8) is 0 Å². The van der Waals surface area contributed by atoms with Crippen LogP contribution in [0, 0.1) is 5.92 Å². The van der Waals surface area contributed by atoms with E-state index in [1.165, 1.54) is 0 Å². The molecular formula is C17H26N6O3. The molecule has 1 atom stereocenters. The minimum atomic E-state index is -0.326. The van der Waals surface area contributed by atoms with Gasteiger partial charge in [0.2, 0.25) is 5.89 Å². The first-order valence-corrected chi connectivity index (χ1v) is 8.96. The van der Waals surface area contributed by atoms with E-state index < -0.39 is 0 Å². The van der Waals surface area contributed by atoms with Gasteiger partial charge in [-0.3, -0.25) is 4.68 Å². The largest absolute Gasteiger partial charge is 0.381 e. The van der Waals surface area contributed by atoms with Crippen LogP contribution in [0.15, 0.2) is 16.9 Å². The zero-order valence-electron chi connectivity index (χ0n) is 15.4. The van der Waals surface area contributed by atoms with Crippen LogP contribution >= 0.6 is 0 Å². The minimum Gasteiger partial charge on any atom is -0.381 e. The maximum atomic E-state index is 12.4. The van der Waals surface area contributed by atoms with Gasteiger partial charge in [0.15, 0.2) is 5.82 Å². The third kappa shape index (κ3) is 4.60.